The number of nitro groups is 2. The zero-order valence-electron chi connectivity index (χ0n) is 14.4. The molecule has 0 aliphatic rings. The van der Waals surface area contributed by atoms with Crippen LogP contribution < -0.4 is 4.90 Å². The second kappa shape index (κ2) is 6.83. The Morgan fingerprint density at radius 1 is 0.962 bits per heavy atom. The van der Waals surface area contributed by atoms with Crippen LogP contribution in [-0.4, -0.2) is 27.9 Å². The predicted octanol–water partition coefficient (Wildman–Crippen LogP) is 4.50. The van der Waals surface area contributed by atoms with Gasteiger partial charge < -0.3 is 9.88 Å². The number of fused-ring (bicyclic) bond motifs is 1. The van der Waals surface area contributed by atoms with E-state index in [1.165, 1.54) is 6.07 Å². The largest absolute Gasteiger partial charge is 0.372 e. The van der Waals surface area contributed by atoms with E-state index in [0.29, 0.717) is 16.6 Å². The number of non-ortho nitro benzene ring substituents is 2. The highest BCUT2D eigenvalue weighted by Gasteiger charge is 2.21. The molecule has 3 rings (SSSR count). The highest BCUT2D eigenvalue weighted by molar-refractivity contribution is 5.94. The summed E-state index contributed by atoms with van der Waals surface area (Å²) in [5.74, 6) is 0. The van der Waals surface area contributed by atoms with E-state index >= 15 is 0 Å². The van der Waals surface area contributed by atoms with Crippen molar-refractivity contribution < 1.29 is 9.85 Å². The summed E-state index contributed by atoms with van der Waals surface area (Å²) in [4.78, 5) is 26.3. The molecule has 0 saturated carbocycles. The third-order valence-electron chi connectivity index (χ3n) is 4.42. The minimum atomic E-state index is -0.633. The first-order chi connectivity index (χ1) is 12.4. The third kappa shape index (κ3) is 3.08. The third-order valence-corrected chi connectivity index (χ3v) is 4.42. The van der Waals surface area contributed by atoms with E-state index in [-0.39, 0.29) is 11.4 Å². The maximum Gasteiger partial charge on any atom is 0.285 e. The van der Waals surface area contributed by atoms with E-state index in [0.717, 1.165) is 30.4 Å². The zero-order chi connectivity index (χ0) is 18.8. The Morgan fingerprint density at radius 2 is 1.62 bits per heavy atom. The van der Waals surface area contributed by atoms with E-state index in [1.807, 2.05) is 24.3 Å². The lowest BCUT2D eigenvalue weighted by molar-refractivity contribution is -0.393. The van der Waals surface area contributed by atoms with Gasteiger partial charge in [0.2, 0.25) is 0 Å². The van der Waals surface area contributed by atoms with Crippen LogP contribution in [0.5, 0.6) is 0 Å². The summed E-state index contributed by atoms with van der Waals surface area (Å²) < 4.78 is 0. The lowest BCUT2D eigenvalue weighted by Crippen LogP contribution is -2.21. The van der Waals surface area contributed by atoms with E-state index in [1.54, 1.807) is 6.07 Å². The minimum absolute atomic E-state index is 0.281. The van der Waals surface area contributed by atoms with Crippen LogP contribution in [0.25, 0.3) is 22.2 Å². The Hall–Kier alpha value is -3.42. The maximum absolute atomic E-state index is 11.3. The number of nitro benzene ring substituents is 2. The standard InChI is InChI=1S/C18H18N4O4/c1-3-20(4-2)13-7-5-12(6-8-13)16-11-15-17(19-16)9-14(21(23)24)10-18(15)22(25)26/h5-11,19H,3-4H2,1-2H3. The van der Waals surface area contributed by atoms with Crippen LogP contribution in [0.4, 0.5) is 17.1 Å². The van der Waals surface area contributed by atoms with Crippen molar-refractivity contribution in [2.45, 2.75) is 13.8 Å². The van der Waals surface area contributed by atoms with Crippen molar-refractivity contribution in [1.82, 2.24) is 4.98 Å². The molecule has 0 aliphatic carbocycles. The molecule has 0 atom stereocenters. The Bertz CT molecular complexity index is 975. The average Bonchev–Trinajstić information content (AvgIpc) is 3.06. The van der Waals surface area contributed by atoms with E-state index in [9.17, 15) is 20.2 Å². The Balaban J connectivity index is 2.07. The van der Waals surface area contributed by atoms with Crippen molar-refractivity contribution >= 4 is 28.0 Å². The molecule has 1 N–H and O–H groups in total. The molecule has 8 heteroatoms. The highest BCUT2D eigenvalue weighted by atomic mass is 16.6. The normalized spacial score (nSPS) is 10.8. The van der Waals surface area contributed by atoms with Crippen molar-refractivity contribution in [1.29, 1.82) is 0 Å². The number of hydrogen-bond donors (Lipinski definition) is 1. The van der Waals surface area contributed by atoms with Gasteiger partial charge in [-0.2, -0.15) is 0 Å². The van der Waals surface area contributed by atoms with Crippen LogP contribution >= 0.6 is 0 Å². The molecule has 0 amide bonds. The van der Waals surface area contributed by atoms with Gasteiger partial charge in [0.15, 0.2) is 0 Å². The Labute approximate surface area is 149 Å². The first-order valence-electron chi connectivity index (χ1n) is 8.25. The van der Waals surface area contributed by atoms with Gasteiger partial charge in [0, 0.05) is 30.5 Å². The number of aromatic amines is 1. The molecule has 1 aromatic heterocycles. The molecule has 8 nitrogen and oxygen atoms in total. The zero-order valence-corrected chi connectivity index (χ0v) is 14.4. The van der Waals surface area contributed by atoms with Crippen LogP contribution in [0.1, 0.15) is 13.8 Å². The molecule has 134 valence electrons. The fourth-order valence-corrected chi connectivity index (χ4v) is 3.06. The summed E-state index contributed by atoms with van der Waals surface area (Å²) in [6, 6.07) is 11.8. The van der Waals surface area contributed by atoms with Gasteiger partial charge >= 0.3 is 0 Å². The number of hydrogen-bond acceptors (Lipinski definition) is 5. The summed E-state index contributed by atoms with van der Waals surface area (Å²) in [7, 11) is 0. The summed E-state index contributed by atoms with van der Waals surface area (Å²) in [5, 5.41) is 22.7. The van der Waals surface area contributed by atoms with Crippen molar-refractivity contribution in [2.75, 3.05) is 18.0 Å². The number of rotatable bonds is 6. The van der Waals surface area contributed by atoms with Crippen LogP contribution in [-0.2, 0) is 0 Å². The maximum atomic E-state index is 11.3. The first-order valence-corrected chi connectivity index (χ1v) is 8.25. The van der Waals surface area contributed by atoms with Gasteiger partial charge in [-0.3, -0.25) is 20.2 Å². The van der Waals surface area contributed by atoms with Crippen molar-refractivity contribution in [3.05, 3.63) is 62.7 Å². The van der Waals surface area contributed by atoms with Crippen molar-refractivity contribution in [3.63, 3.8) is 0 Å². The molecular weight excluding hydrogens is 336 g/mol. The fraction of sp³-hybridized carbons (Fsp3) is 0.222. The molecule has 2 aromatic carbocycles. The van der Waals surface area contributed by atoms with Gasteiger partial charge in [-0.05, 0) is 37.6 Å². The van der Waals surface area contributed by atoms with Crippen LogP contribution in [0.3, 0.4) is 0 Å². The molecule has 3 aromatic rings. The van der Waals surface area contributed by atoms with E-state index in [2.05, 4.69) is 23.7 Å². The number of benzene rings is 2. The second-order valence-corrected chi connectivity index (χ2v) is 5.84. The number of nitrogens with one attached hydrogen (secondary N) is 1. The van der Waals surface area contributed by atoms with Crippen LogP contribution in [0.15, 0.2) is 42.5 Å². The fourth-order valence-electron chi connectivity index (χ4n) is 3.06. The number of anilines is 1. The summed E-state index contributed by atoms with van der Waals surface area (Å²) >= 11 is 0. The molecule has 1 heterocycles. The van der Waals surface area contributed by atoms with E-state index in [4.69, 9.17) is 0 Å². The average molecular weight is 354 g/mol. The summed E-state index contributed by atoms with van der Waals surface area (Å²) in [6.45, 7) is 5.97. The minimum Gasteiger partial charge on any atom is -0.372 e. The second-order valence-electron chi connectivity index (χ2n) is 5.84. The van der Waals surface area contributed by atoms with Gasteiger partial charge in [0.05, 0.1) is 26.8 Å². The number of nitrogens with zero attached hydrogens (tertiary/aromatic N) is 3. The molecule has 0 spiro atoms. The summed E-state index contributed by atoms with van der Waals surface area (Å²) in [6.07, 6.45) is 0. The number of H-pyrrole nitrogens is 1. The molecule has 0 saturated heterocycles. The topological polar surface area (TPSA) is 105 Å². The predicted molar refractivity (Wildman–Crippen MR) is 101 cm³/mol. The Morgan fingerprint density at radius 3 is 2.15 bits per heavy atom. The van der Waals surface area contributed by atoms with Crippen LogP contribution in [0, 0.1) is 20.2 Å². The first kappa shape index (κ1) is 17.4. The molecule has 0 fully saturated rings. The quantitative estimate of drug-likeness (QED) is 0.518. The van der Waals surface area contributed by atoms with Gasteiger partial charge in [0.1, 0.15) is 0 Å². The summed E-state index contributed by atoms with van der Waals surface area (Å²) in [5.41, 5.74) is 2.40. The van der Waals surface area contributed by atoms with E-state index < -0.39 is 9.85 Å². The van der Waals surface area contributed by atoms with Crippen molar-refractivity contribution in [2.24, 2.45) is 0 Å². The smallest absolute Gasteiger partial charge is 0.285 e. The van der Waals surface area contributed by atoms with Gasteiger partial charge in [-0.15, -0.1) is 0 Å². The van der Waals surface area contributed by atoms with Gasteiger partial charge in [0.25, 0.3) is 11.4 Å². The number of aromatic nitrogens is 1. The molecule has 0 aliphatic heterocycles. The molecular formula is C18H18N4O4. The van der Waals surface area contributed by atoms with Gasteiger partial charge in [-0.25, -0.2) is 0 Å². The lowest BCUT2D eigenvalue weighted by atomic mass is 10.1. The highest BCUT2D eigenvalue weighted by Crippen LogP contribution is 2.34. The van der Waals surface area contributed by atoms with Gasteiger partial charge in [-0.1, -0.05) is 12.1 Å². The van der Waals surface area contributed by atoms with Crippen LogP contribution in [0.2, 0.25) is 0 Å². The monoisotopic (exact) mass is 354 g/mol. The molecule has 26 heavy (non-hydrogen) atoms. The van der Waals surface area contributed by atoms with Crippen molar-refractivity contribution in [3.8, 4) is 11.3 Å². The molecule has 0 radical (unpaired) electrons. The SMILES string of the molecule is CCN(CC)c1ccc(-c2cc3c([N+](=O)[O-])cc([N+](=O)[O-])cc3[nH]2)cc1. The molecule has 0 unspecified atom stereocenters. The molecule has 0 bridgehead atoms. The lowest BCUT2D eigenvalue weighted by Gasteiger charge is -2.21. The Kier molecular flexibility index (Phi) is 4.57.